The van der Waals surface area contributed by atoms with Gasteiger partial charge in [-0.15, -0.1) is 0 Å². The molecule has 0 saturated heterocycles. The third-order valence-corrected chi connectivity index (χ3v) is 5.88. The quantitative estimate of drug-likeness (QED) is 0.345. The second-order valence-electron chi connectivity index (χ2n) is 7.93. The average molecular weight is 411 g/mol. The molecule has 2 aromatic heterocycles. The number of imidazole rings is 1. The summed E-state index contributed by atoms with van der Waals surface area (Å²) >= 11 is 0. The van der Waals surface area contributed by atoms with Crippen LogP contribution in [0, 0.1) is 0 Å². The summed E-state index contributed by atoms with van der Waals surface area (Å²) in [6, 6.07) is 27.9. The predicted molar refractivity (Wildman–Crippen MR) is 125 cm³/mol. The molecule has 4 aromatic rings. The van der Waals surface area contributed by atoms with Gasteiger partial charge in [0.05, 0.1) is 18.5 Å². The molecular formula is C27H30N4. The van der Waals surface area contributed by atoms with E-state index in [0.717, 1.165) is 38.2 Å². The van der Waals surface area contributed by atoms with E-state index in [-0.39, 0.29) is 5.54 Å². The van der Waals surface area contributed by atoms with Crippen molar-refractivity contribution in [1.82, 2.24) is 19.4 Å². The molecule has 0 amide bonds. The molecule has 0 bridgehead atoms. The van der Waals surface area contributed by atoms with Gasteiger partial charge < -0.3 is 4.57 Å². The molecule has 0 radical (unpaired) electrons. The lowest BCUT2D eigenvalue weighted by molar-refractivity contribution is 0.0806. The fourth-order valence-electron chi connectivity index (χ4n) is 4.34. The van der Waals surface area contributed by atoms with Crippen LogP contribution in [0.3, 0.4) is 0 Å². The van der Waals surface area contributed by atoms with Crippen molar-refractivity contribution in [2.75, 3.05) is 6.54 Å². The van der Waals surface area contributed by atoms with Gasteiger partial charge in [-0.25, -0.2) is 4.98 Å². The van der Waals surface area contributed by atoms with Crippen molar-refractivity contribution in [3.05, 3.63) is 121 Å². The Balaban J connectivity index is 1.91. The molecule has 4 rings (SSSR count). The Morgan fingerprint density at radius 1 is 0.839 bits per heavy atom. The first-order chi connectivity index (χ1) is 15.3. The smallest absolute Gasteiger partial charge is 0.0956 e. The summed E-state index contributed by atoms with van der Waals surface area (Å²) in [6.07, 6.45) is 10.7. The fraction of sp³-hybridized carbons (Fsp3) is 0.259. The van der Waals surface area contributed by atoms with Gasteiger partial charge in [0.25, 0.3) is 0 Å². The molecule has 0 aliphatic heterocycles. The molecule has 0 spiro atoms. The second kappa shape index (κ2) is 10.2. The van der Waals surface area contributed by atoms with Crippen LogP contribution in [-0.4, -0.2) is 26.0 Å². The highest BCUT2D eigenvalue weighted by molar-refractivity contribution is 5.40. The van der Waals surface area contributed by atoms with Gasteiger partial charge in [-0.1, -0.05) is 80.1 Å². The highest BCUT2D eigenvalue weighted by Crippen LogP contribution is 2.39. The minimum atomic E-state index is -0.351. The third-order valence-electron chi connectivity index (χ3n) is 5.88. The predicted octanol–water partition coefficient (Wildman–Crippen LogP) is 5.52. The van der Waals surface area contributed by atoms with E-state index in [0.29, 0.717) is 0 Å². The Bertz CT molecular complexity index is 975. The van der Waals surface area contributed by atoms with Crippen LogP contribution >= 0.6 is 0 Å². The summed E-state index contributed by atoms with van der Waals surface area (Å²) in [5.74, 6) is 0. The van der Waals surface area contributed by atoms with Gasteiger partial charge in [0.1, 0.15) is 0 Å². The molecule has 0 unspecified atom stereocenters. The van der Waals surface area contributed by atoms with Gasteiger partial charge in [0, 0.05) is 37.3 Å². The Morgan fingerprint density at radius 2 is 1.52 bits per heavy atom. The summed E-state index contributed by atoms with van der Waals surface area (Å²) in [6.45, 7) is 3.99. The number of hydrogen-bond acceptors (Lipinski definition) is 3. The summed E-state index contributed by atoms with van der Waals surface area (Å²) in [5.41, 5.74) is 3.30. The van der Waals surface area contributed by atoms with Gasteiger partial charge in [-0.3, -0.25) is 9.88 Å². The van der Waals surface area contributed by atoms with Crippen LogP contribution in [0.4, 0.5) is 0 Å². The molecule has 0 atom stereocenters. The zero-order valence-corrected chi connectivity index (χ0v) is 18.1. The van der Waals surface area contributed by atoms with Crippen molar-refractivity contribution in [2.24, 2.45) is 0 Å². The van der Waals surface area contributed by atoms with E-state index in [2.05, 4.69) is 94.2 Å². The maximum absolute atomic E-state index is 4.73. The van der Waals surface area contributed by atoms with E-state index in [4.69, 9.17) is 4.98 Å². The molecule has 0 aliphatic rings. The molecule has 158 valence electrons. The lowest BCUT2D eigenvalue weighted by atomic mass is 9.77. The van der Waals surface area contributed by atoms with Crippen molar-refractivity contribution >= 4 is 0 Å². The summed E-state index contributed by atoms with van der Waals surface area (Å²) in [4.78, 5) is 11.6. The summed E-state index contributed by atoms with van der Waals surface area (Å²) < 4.78 is 2.16. The van der Waals surface area contributed by atoms with Gasteiger partial charge >= 0.3 is 0 Å². The lowest BCUT2D eigenvalue weighted by Gasteiger charge is -2.45. The molecule has 0 aliphatic carbocycles. The number of nitrogens with zero attached hydrogens (tertiary/aromatic N) is 4. The monoisotopic (exact) mass is 410 g/mol. The first-order valence-electron chi connectivity index (χ1n) is 11.0. The first kappa shape index (κ1) is 21.0. The zero-order chi connectivity index (χ0) is 21.4. The number of pyridine rings is 1. The Labute approximate surface area is 185 Å². The van der Waals surface area contributed by atoms with Gasteiger partial charge in [-0.2, -0.15) is 0 Å². The molecule has 0 saturated carbocycles. The van der Waals surface area contributed by atoms with Gasteiger partial charge in [0.2, 0.25) is 0 Å². The second-order valence-corrected chi connectivity index (χ2v) is 7.93. The Kier molecular flexibility index (Phi) is 6.90. The lowest BCUT2D eigenvalue weighted by Crippen LogP contribution is -2.50. The molecule has 4 nitrogen and oxygen atoms in total. The van der Waals surface area contributed by atoms with Crippen molar-refractivity contribution in [3.8, 4) is 0 Å². The van der Waals surface area contributed by atoms with Crippen molar-refractivity contribution in [3.63, 3.8) is 0 Å². The van der Waals surface area contributed by atoms with Crippen molar-refractivity contribution in [2.45, 2.75) is 38.4 Å². The largest absolute Gasteiger partial charge is 0.324 e. The van der Waals surface area contributed by atoms with Crippen molar-refractivity contribution in [1.29, 1.82) is 0 Å². The van der Waals surface area contributed by atoms with Crippen molar-refractivity contribution < 1.29 is 0 Å². The molecule has 2 aromatic carbocycles. The minimum absolute atomic E-state index is 0.351. The first-order valence-corrected chi connectivity index (χ1v) is 11.0. The number of hydrogen-bond donors (Lipinski definition) is 0. The molecule has 0 N–H and O–H groups in total. The zero-order valence-electron chi connectivity index (χ0n) is 18.1. The molecule has 2 heterocycles. The Morgan fingerprint density at radius 3 is 2.06 bits per heavy atom. The fourth-order valence-corrected chi connectivity index (χ4v) is 4.34. The number of unbranched alkanes of at least 4 members (excludes halogenated alkanes) is 1. The van der Waals surface area contributed by atoms with Crippen LogP contribution in [0.25, 0.3) is 0 Å². The number of rotatable bonds is 10. The summed E-state index contributed by atoms with van der Waals surface area (Å²) in [5, 5.41) is 0. The van der Waals surface area contributed by atoms with Crippen LogP contribution in [0.15, 0.2) is 104 Å². The van der Waals surface area contributed by atoms with Crippen LogP contribution in [0.5, 0.6) is 0 Å². The number of aromatic nitrogens is 3. The molecule has 0 fully saturated rings. The van der Waals surface area contributed by atoms with E-state index < -0.39 is 0 Å². The minimum Gasteiger partial charge on any atom is -0.324 e. The topological polar surface area (TPSA) is 34.0 Å². The third kappa shape index (κ3) is 4.75. The highest BCUT2D eigenvalue weighted by atomic mass is 15.3. The number of benzene rings is 2. The van der Waals surface area contributed by atoms with Gasteiger partial charge in [-0.05, 0) is 29.7 Å². The van der Waals surface area contributed by atoms with E-state index in [9.17, 15) is 0 Å². The van der Waals surface area contributed by atoms with Crippen LogP contribution < -0.4 is 0 Å². The van der Waals surface area contributed by atoms with Crippen LogP contribution in [0.1, 0.15) is 36.6 Å². The molecule has 31 heavy (non-hydrogen) atoms. The normalized spacial score (nSPS) is 11.7. The van der Waals surface area contributed by atoms with E-state index >= 15 is 0 Å². The molecule has 4 heteroatoms. The maximum atomic E-state index is 4.73. The van der Waals surface area contributed by atoms with E-state index in [1.54, 1.807) is 0 Å². The highest BCUT2D eigenvalue weighted by Gasteiger charge is 2.40. The maximum Gasteiger partial charge on any atom is 0.0956 e. The van der Waals surface area contributed by atoms with Crippen LogP contribution in [0.2, 0.25) is 0 Å². The Hall–Kier alpha value is -3.24. The summed E-state index contributed by atoms with van der Waals surface area (Å²) in [7, 11) is 0. The average Bonchev–Trinajstić information content (AvgIpc) is 3.35. The standard InChI is InChI=1S/C27H30N4/c1-2-3-19-31(23-30-20-18-28-22-30)27(24-12-6-4-7-13-24,25-14-8-5-9-15-25)21-26-16-10-11-17-29-26/h4-18,20,22H,2-3,19,21,23H2,1H3. The van der Waals surface area contributed by atoms with E-state index in [1.807, 2.05) is 31.0 Å². The van der Waals surface area contributed by atoms with E-state index in [1.165, 1.54) is 11.1 Å². The SMILES string of the molecule is CCCCN(Cn1ccnc1)C(Cc1ccccn1)(c1ccccc1)c1ccccc1. The molecular weight excluding hydrogens is 380 g/mol. The van der Waals surface area contributed by atoms with Crippen LogP contribution in [-0.2, 0) is 18.6 Å². The van der Waals surface area contributed by atoms with Gasteiger partial charge in [0.15, 0.2) is 0 Å².